The van der Waals surface area contributed by atoms with Gasteiger partial charge in [-0.15, -0.1) is 0 Å². The number of ether oxygens (including phenoxy) is 1. The lowest BCUT2D eigenvalue weighted by molar-refractivity contribution is -0.139. The van der Waals surface area contributed by atoms with Crippen molar-refractivity contribution >= 4 is 16.0 Å². The number of carboxylic acids is 1. The summed E-state index contributed by atoms with van der Waals surface area (Å²) in [6, 6.07) is -1.07. The summed E-state index contributed by atoms with van der Waals surface area (Å²) >= 11 is 0. The third-order valence-corrected chi connectivity index (χ3v) is 5.35. The molecule has 0 aromatic carbocycles. The first-order valence-electron chi connectivity index (χ1n) is 5.98. The summed E-state index contributed by atoms with van der Waals surface area (Å²) in [6.07, 6.45) is 1.31. The Kier molecular flexibility index (Phi) is 4.74. The maximum Gasteiger partial charge on any atom is 0.321 e. The Labute approximate surface area is 108 Å². The van der Waals surface area contributed by atoms with Crippen LogP contribution >= 0.6 is 0 Å². The van der Waals surface area contributed by atoms with Gasteiger partial charge in [0.2, 0.25) is 10.0 Å². The Morgan fingerprint density at radius 3 is 2.33 bits per heavy atom. The SMILES string of the molecule is COCC1(S(=O)(=O)NC(CC(C)C)C(=O)O)CC1. The molecule has 1 rings (SSSR count). The average molecular weight is 279 g/mol. The monoisotopic (exact) mass is 279 g/mol. The third-order valence-electron chi connectivity index (χ3n) is 3.09. The molecule has 1 aliphatic carbocycles. The Bertz CT molecular complexity index is 400. The van der Waals surface area contributed by atoms with Crippen molar-refractivity contribution in [3.05, 3.63) is 0 Å². The zero-order valence-electron chi connectivity index (χ0n) is 11.0. The van der Waals surface area contributed by atoms with E-state index in [0.717, 1.165) is 0 Å². The molecule has 6 nitrogen and oxygen atoms in total. The van der Waals surface area contributed by atoms with Crippen LogP contribution in [0, 0.1) is 5.92 Å². The summed E-state index contributed by atoms with van der Waals surface area (Å²) < 4.78 is 30.6. The number of carbonyl (C=O) groups is 1. The van der Waals surface area contributed by atoms with Crippen molar-refractivity contribution in [1.82, 2.24) is 4.72 Å². The minimum Gasteiger partial charge on any atom is -0.480 e. The normalized spacial score (nSPS) is 19.8. The topological polar surface area (TPSA) is 92.7 Å². The summed E-state index contributed by atoms with van der Waals surface area (Å²) in [4.78, 5) is 11.1. The maximum atomic E-state index is 12.1. The largest absolute Gasteiger partial charge is 0.480 e. The highest BCUT2D eigenvalue weighted by Gasteiger charge is 2.55. The van der Waals surface area contributed by atoms with E-state index in [1.807, 2.05) is 13.8 Å². The van der Waals surface area contributed by atoms with E-state index in [1.165, 1.54) is 7.11 Å². The first kappa shape index (κ1) is 15.4. The fraction of sp³-hybridized carbons (Fsp3) is 0.909. The molecule has 106 valence electrons. The van der Waals surface area contributed by atoms with Gasteiger partial charge in [0, 0.05) is 7.11 Å². The van der Waals surface area contributed by atoms with Crippen LogP contribution in [0.2, 0.25) is 0 Å². The highest BCUT2D eigenvalue weighted by Crippen LogP contribution is 2.43. The maximum absolute atomic E-state index is 12.1. The number of carboxylic acid groups (broad SMARTS) is 1. The van der Waals surface area contributed by atoms with Gasteiger partial charge in [0.25, 0.3) is 0 Å². The number of hydrogen-bond acceptors (Lipinski definition) is 4. The number of hydrogen-bond donors (Lipinski definition) is 2. The van der Waals surface area contributed by atoms with Crippen molar-refractivity contribution < 1.29 is 23.1 Å². The molecule has 18 heavy (non-hydrogen) atoms. The summed E-state index contributed by atoms with van der Waals surface area (Å²) in [5.74, 6) is -1.04. The third kappa shape index (κ3) is 3.43. The molecule has 0 radical (unpaired) electrons. The van der Waals surface area contributed by atoms with Gasteiger partial charge >= 0.3 is 5.97 Å². The minimum absolute atomic E-state index is 0.103. The number of aliphatic carboxylic acids is 1. The Morgan fingerprint density at radius 2 is 2.00 bits per heavy atom. The first-order valence-corrected chi connectivity index (χ1v) is 7.46. The lowest BCUT2D eigenvalue weighted by Gasteiger charge is -2.21. The van der Waals surface area contributed by atoms with Gasteiger partial charge in [-0.2, -0.15) is 0 Å². The second-order valence-corrected chi connectivity index (χ2v) is 7.37. The molecule has 1 unspecified atom stereocenters. The second-order valence-electron chi connectivity index (χ2n) is 5.26. The number of sulfonamides is 1. The van der Waals surface area contributed by atoms with Crippen LogP contribution in [0.4, 0.5) is 0 Å². The zero-order chi connectivity index (χ0) is 14.0. The predicted octanol–water partition coefficient (Wildman–Crippen LogP) is 0.584. The van der Waals surface area contributed by atoms with Crippen LogP contribution in [-0.2, 0) is 19.6 Å². The van der Waals surface area contributed by atoms with Crippen molar-refractivity contribution in [2.75, 3.05) is 13.7 Å². The second kappa shape index (κ2) is 5.54. The van der Waals surface area contributed by atoms with E-state index in [0.29, 0.717) is 12.8 Å². The number of methoxy groups -OCH3 is 1. The molecule has 0 amide bonds. The molecule has 1 atom stereocenters. The smallest absolute Gasteiger partial charge is 0.321 e. The quantitative estimate of drug-likeness (QED) is 0.678. The van der Waals surface area contributed by atoms with E-state index in [4.69, 9.17) is 9.84 Å². The molecule has 0 aromatic rings. The van der Waals surface area contributed by atoms with Crippen molar-refractivity contribution in [3.63, 3.8) is 0 Å². The standard InChI is InChI=1S/C11H21NO5S/c1-8(2)6-9(10(13)14)12-18(15,16)11(4-5-11)7-17-3/h8-9,12H,4-7H2,1-3H3,(H,13,14). The molecule has 0 spiro atoms. The van der Waals surface area contributed by atoms with E-state index in [2.05, 4.69) is 4.72 Å². The van der Waals surface area contributed by atoms with Gasteiger partial charge in [-0.3, -0.25) is 4.79 Å². The molecule has 0 heterocycles. The highest BCUT2D eigenvalue weighted by atomic mass is 32.2. The van der Waals surface area contributed by atoms with Gasteiger partial charge in [0.15, 0.2) is 0 Å². The molecule has 0 bridgehead atoms. The molecule has 1 saturated carbocycles. The van der Waals surface area contributed by atoms with Crippen LogP contribution in [-0.4, -0.2) is 44.0 Å². The van der Waals surface area contributed by atoms with Crippen LogP contribution in [0.1, 0.15) is 33.1 Å². The molecule has 2 N–H and O–H groups in total. The van der Waals surface area contributed by atoms with Crippen LogP contribution in [0.25, 0.3) is 0 Å². The predicted molar refractivity (Wildman–Crippen MR) is 66.8 cm³/mol. The van der Waals surface area contributed by atoms with Gasteiger partial charge in [-0.25, -0.2) is 13.1 Å². The molecule has 1 aliphatic rings. The van der Waals surface area contributed by atoms with Crippen molar-refractivity contribution in [3.8, 4) is 0 Å². The summed E-state index contributed by atoms with van der Waals surface area (Å²) in [7, 11) is -2.21. The van der Waals surface area contributed by atoms with Gasteiger partial charge in [-0.05, 0) is 25.2 Å². The van der Waals surface area contributed by atoms with E-state index in [-0.39, 0.29) is 18.9 Å². The molecular weight excluding hydrogens is 258 g/mol. The fourth-order valence-corrected chi connectivity index (χ4v) is 3.61. The van der Waals surface area contributed by atoms with E-state index >= 15 is 0 Å². The molecule has 1 fully saturated rings. The summed E-state index contributed by atoms with van der Waals surface area (Å²) in [5, 5.41) is 9.04. The van der Waals surface area contributed by atoms with Crippen molar-refractivity contribution in [2.24, 2.45) is 5.92 Å². The lowest BCUT2D eigenvalue weighted by Crippen LogP contribution is -2.48. The molecule has 7 heteroatoms. The van der Waals surface area contributed by atoms with E-state index in [9.17, 15) is 13.2 Å². The van der Waals surface area contributed by atoms with Gasteiger partial charge in [0.1, 0.15) is 10.8 Å². The van der Waals surface area contributed by atoms with Gasteiger partial charge < -0.3 is 9.84 Å². The van der Waals surface area contributed by atoms with E-state index in [1.54, 1.807) is 0 Å². The van der Waals surface area contributed by atoms with Crippen LogP contribution in [0.3, 0.4) is 0 Å². The van der Waals surface area contributed by atoms with E-state index < -0.39 is 26.8 Å². The van der Waals surface area contributed by atoms with Crippen LogP contribution in [0.15, 0.2) is 0 Å². The van der Waals surface area contributed by atoms with Crippen LogP contribution < -0.4 is 4.72 Å². The summed E-state index contributed by atoms with van der Waals surface area (Å²) in [6.45, 7) is 3.81. The van der Waals surface area contributed by atoms with Gasteiger partial charge in [-0.1, -0.05) is 13.8 Å². The number of nitrogens with one attached hydrogen (secondary N) is 1. The fourth-order valence-electron chi connectivity index (χ4n) is 1.88. The molecule has 0 saturated heterocycles. The van der Waals surface area contributed by atoms with Gasteiger partial charge in [0.05, 0.1) is 6.61 Å². The minimum atomic E-state index is -3.66. The van der Waals surface area contributed by atoms with Crippen LogP contribution in [0.5, 0.6) is 0 Å². The van der Waals surface area contributed by atoms with Crippen molar-refractivity contribution in [1.29, 1.82) is 0 Å². The average Bonchev–Trinajstić information content (AvgIpc) is 2.97. The first-order chi connectivity index (χ1) is 8.24. The Hall–Kier alpha value is -0.660. The number of rotatable bonds is 8. The Morgan fingerprint density at radius 1 is 1.44 bits per heavy atom. The summed E-state index contributed by atoms with van der Waals surface area (Å²) in [5.41, 5.74) is 0. The molecule has 0 aromatic heterocycles. The van der Waals surface area contributed by atoms with Crippen molar-refractivity contribution in [2.45, 2.75) is 43.9 Å². The molecular formula is C11H21NO5S. The lowest BCUT2D eigenvalue weighted by atomic mass is 10.1. The zero-order valence-corrected chi connectivity index (χ0v) is 11.8. The molecule has 0 aliphatic heterocycles. The Balaban J connectivity index is 2.77. The highest BCUT2D eigenvalue weighted by molar-refractivity contribution is 7.91.